The smallest absolute Gasteiger partial charge is 0.227 e. The summed E-state index contributed by atoms with van der Waals surface area (Å²) in [5, 5.41) is 4.44. The fourth-order valence-electron chi connectivity index (χ4n) is 3.81. The molecule has 1 fully saturated rings. The van der Waals surface area contributed by atoms with Gasteiger partial charge in [0.25, 0.3) is 0 Å². The van der Waals surface area contributed by atoms with Crippen molar-refractivity contribution in [3.8, 4) is 11.4 Å². The molecule has 1 saturated heterocycles. The number of nitrogens with zero attached hydrogens (tertiary/aromatic N) is 5. The van der Waals surface area contributed by atoms with Gasteiger partial charge in [0.15, 0.2) is 0 Å². The van der Waals surface area contributed by atoms with Gasteiger partial charge in [0.2, 0.25) is 5.91 Å². The number of carbonyl (C=O) groups is 1. The van der Waals surface area contributed by atoms with Crippen LogP contribution in [0.15, 0.2) is 24.7 Å². The van der Waals surface area contributed by atoms with Crippen LogP contribution in [0.5, 0.6) is 0 Å². The van der Waals surface area contributed by atoms with E-state index in [1.807, 2.05) is 42.6 Å². The maximum atomic E-state index is 12.7. The predicted octanol–water partition coefficient (Wildman–Crippen LogP) is 3.75. The summed E-state index contributed by atoms with van der Waals surface area (Å²) in [6.07, 6.45) is 8.32. The van der Waals surface area contributed by atoms with E-state index < -0.39 is 0 Å². The van der Waals surface area contributed by atoms with Gasteiger partial charge in [0.05, 0.1) is 11.4 Å². The van der Waals surface area contributed by atoms with Crippen molar-refractivity contribution in [2.45, 2.75) is 59.9 Å². The monoisotopic (exact) mass is 369 g/mol. The molecule has 0 N–H and O–H groups in total. The van der Waals surface area contributed by atoms with Gasteiger partial charge in [-0.3, -0.25) is 19.4 Å². The minimum atomic E-state index is -0.330. The van der Waals surface area contributed by atoms with E-state index in [1.165, 1.54) is 0 Å². The number of likely N-dealkylation sites (tertiary alicyclic amines) is 1. The summed E-state index contributed by atoms with van der Waals surface area (Å²) < 4.78 is 1.99. The van der Waals surface area contributed by atoms with Crippen LogP contribution < -0.4 is 0 Å². The summed E-state index contributed by atoms with van der Waals surface area (Å²) in [6, 6.07) is 2.27. The molecule has 3 rings (SSSR count). The van der Waals surface area contributed by atoms with E-state index in [9.17, 15) is 4.79 Å². The van der Waals surface area contributed by atoms with E-state index in [2.05, 4.69) is 28.9 Å². The zero-order chi connectivity index (χ0) is 19.6. The number of piperidine rings is 1. The van der Waals surface area contributed by atoms with Gasteiger partial charge >= 0.3 is 0 Å². The first-order chi connectivity index (χ1) is 12.8. The molecule has 3 heterocycles. The van der Waals surface area contributed by atoms with Crippen LogP contribution in [0.3, 0.4) is 0 Å². The molecule has 0 aliphatic carbocycles. The standard InChI is InChI=1S/C21H31N5O/c1-15(2)26-18(8-9-24-26)19-17(22-10-11-23-19)13-16-7-6-12-25(14-16)20(27)21(3,4)5/h8-11,15-16H,6-7,12-14H2,1-5H3/t16-/m0/s1. The average Bonchev–Trinajstić information content (AvgIpc) is 3.11. The Morgan fingerprint density at radius 2 is 1.96 bits per heavy atom. The predicted molar refractivity (Wildman–Crippen MR) is 106 cm³/mol. The van der Waals surface area contributed by atoms with Gasteiger partial charge < -0.3 is 4.90 Å². The summed E-state index contributed by atoms with van der Waals surface area (Å²) in [5.74, 6) is 0.653. The Morgan fingerprint density at radius 3 is 2.67 bits per heavy atom. The normalized spacial score (nSPS) is 18.1. The third-order valence-electron chi connectivity index (χ3n) is 5.11. The zero-order valence-electron chi connectivity index (χ0n) is 17.1. The van der Waals surface area contributed by atoms with Gasteiger partial charge in [-0.1, -0.05) is 20.8 Å². The molecule has 1 atom stereocenters. The van der Waals surface area contributed by atoms with Crippen LogP contribution in [-0.4, -0.2) is 43.6 Å². The first-order valence-corrected chi connectivity index (χ1v) is 9.90. The van der Waals surface area contributed by atoms with E-state index in [0.29, 0.717) is 5.92 Å². The highest BCUT2D eigenvalue weighted by Crippen LogP contribution is 2.28. The highest BCUT2D eigenvalue weighted by Gasteiger charge is 2.31. The van der Waals surface area contributed by atoms with Gasteiger partial charge in [0, 0.05) is 43.1 Å². The summed E-state index contributed by atoms with van der Waals surface area (Å²) in [5.41, 5.74) is 2.58. The summed E-state index contributed by atoms with van der Waals surface area (Å²) in [4.78, 5) is 24.0. The zero-order valence-corrected chi connectivity index (χ0v) is 17.1. The molecule has 0 spiro atoms. The fourth-order valence-corrected chi connectivity index (χ4v) is 3.81. The third-order valence-corrected chi connectivity index (χ3v) is 5.11. The molecule has 0 saturated carbocycles. The van der Waals surface area contributed by atoms with Crippen LogP contribution in [0.4, 0.5) is 0 Å². The van der Waals surface area contributed by atoms with Gasteiger partial charge in [0.1, 0.15) is 5.69 Å². The van der Waals surface area contributed by atoms with Crippen molar-refractivity contribution >= 4 is 5.91 Å². The van der Waals surface area contributed by atoms with Crippen LogP contribution in [0.2, 0.25) is 0 Å². The van der Waals surface area contributed by atoms with Crippen LogP contribution in [0.25, 0.3) is 11.4 Å². The molecule has 2 aromatic rings. The Hall–Kier alpha value is -2.24. The maximum absolute atomic E-state index is 12.7. The van der Waals surface area contributed by atoms with E-state index in [-0.39, 0.29) is 17.4 Å². The minimum absolute atomic E-state index is 0.240. The highest BCUT2D eigenvalue weighted by atomic mass is 16.2. The molecular weight excluding hydrogens is 338 g/mol. The number of aromatic nitrogens is 4. The maximum Gasteiger partial charge on any atom is 0.227 e. The van der Waals surface area contributed by atoms with Crippen molar-refractivity contribution < 1.29 is 4.79 Å². The molecule has 146 valence electrons. The second kappa shape index (κ2) is 7.79. The first kappa shape index (κ1) is 19.5. The molecule has 1 aliphatic heterocycles. The number of carbonyl (C=O) groups excluding carboxylic acids is 1. The molecule has 1 amide bonds. The minimum Gasteiger partial charge on any atom is -0.342 e. The number of hydrogen-bond donors (Lipinski definition) is 0. The molecule has 0 bridgehead atoms. The third kappa shape index (κ3) is 4.37. The lowest BCUT2D eigenvalue weighted by atomic mass is 9.89. The lowest BCUT2D eigenvalue weighted by Gasteiger charge is -2.36. The van der Waals surface area contributed by atoms with Crippen molar-refractivity contribution in [1.29, 1.82) is 0 Å². The Labute approximate surface area is 162 Å². The summed E-state index contributed by atoms with van der Waals surface area (Å²) >= 11 is 0. The van der Waals surface area contributed by atoms with E-state index in [4.69, 9.17) is 0 Å². The van der Waals surface area contributed by atoms with E-state index in [1.54, 1.807) is 12.4 Å². The van der Waals surface area contributed by atoms with Crippen LogP contribution in [-0.2, 0) is 11.2 Å². The SMILES string of the molecule is CC(C)n1nccc1-c1nccnc1C[C@@H]1CCCN(C(=O)C(C)(C)C)C1. The van der Waals surface area contributed by atoms with Crippen LogP contribution in [0, 0.1) is 11.3 Å². The van der Waals surface area contributed by atoms with Gasteiger partial charge in [-0.15, -0.1) is 0 Å². The quantitative estimate of drug-likeness (QED) is 0.823. The molecule has 6 nitrogen and oxygen atoms in total. The van der Waals surface area contributed by atoms with Gasteiger partial charge in [-0.2, -0.15) is 5.10 Å². The first-order valence-electron chi connectivity index (χ1n) is 9.90. The van der Waals surface area contributed by atoms with Crippen molar-refractivity contribution in [2.75, 3.05) is 13.1 Å². The molecule has 2 aromatic heterocycles. The Bertz CT molecular complexity index is 790. The Morgan fingerprint density at radius 1 is 1.22 bits per heavy atom. The molecule has 0 aromatic carbocycles. The fraction of sp³-hybridized carbons (Fsp3) is 0.619. The van der Waals surface area contributed by atoms with Crippen molar-refractivity contribution in [3.05, 3.63) is 30.4 Å². The second-order valence-electron chi connectivity index (χ2n) is 8.82. The number of hydrogen-bond acceptors (Lipinski definition) is 4. The van der Waals surface area contributed by atoms with Crippen LogP contribution in [0.1, 0.15) is 59.2 Å². The highest BCUT2D eigenvalue weighted by molar-refractivity contribution is 5.81. The molecular formula is C21H31N5O. The van der Waals surface area contributed by atoms with Gasteiger partial charge in [-0.05, 0) is 45.1 Å². The molecule has 1 aliphatic rings. The Kier molecular flexibility index (Phi) is 5.63. The van der Waals surface area contributed by atoms with Crippen molar-refractivity contribution in [2.24, 2.45) is 11.3 Å². The van der Waals surface area contributed by atoms with E-state index in [0.717, 1.165) is 49.4 Å². The van der Waals surface area contributed by atoms with Gasteiger partial charge in [-0.25, -0.2) is 0 Å². The largest absolute Gasteiger partial charge is 0.342 e. The number of amides is 1. The lowest BCUT2D eigenvalue weighted by molar-refractivity contribution is -0.141. The second-order valence-corrected chi connectivity index (χ2v) is 8.82. The van der Waals surface area contributed by atoms with Crippen molar-refractivity contribution in [3.63, 3.8) is 0 Å². The van der Waals surface area contributed by atoms with Crippen LogP contribution >= 0.6 is 0 Å². The molecule has 0 radical (unpaired) electrons. The molecule has 27 heavy (non-hydrogen) atoms. The molecule has 0 unspecified atom stereocenters. The molecule has 6 heteroatoms. The lowest BCUT2D eigenvalue weighted by Crippen LogP contribution is -2.45. The topological polar surface area (TPSA) is 63.9 Å². The van der Waals surface area contributed by atoms with E-state index >= 15 is 0 Å². The Balaban J connectivity index is 1.80. The number of rotatable bonds is 4. The summed E-state index contributed by atoms with van der Waals surface area (Å²) in [7, 11) is 0. The summed E-state index contributed by atoms with van der Waals surface area (Å²) in [6.45, 7) is 11.9. The average molecular weight is 370 g/mol. The van der Waals surface area contributed by atoms with Crippen molar-refractivity contribution in [1.82, 2.24) is 24.6 Å².